The molecule has 2 heterocycles. The Labute approximate surface area is 192 Å². The van der Waals surface area contributed by atoms with Crippen LogP contribution in [0.15, 0.2) is 29.3 Å². The molecule has 0 amide bonds. The van der Waals surface area contributed by atoms with Gasteiger partial charge in [-0.15, -0.1) is 24.0 Å². The predicted molar refractivity (Wildman–Crippen MR) is 130 cm³/mol. The first-order valence-corrected chi connectivity index (χ1v) is 10.7. The lowest BCUT2D eigenvalue weighted by Crippen LogP contribution is -2.47. The summed E-state index contributed by atoms with van der Waals surface area (Å²) in [4.78, 5) is 7.34. The minimum Gasteiger partial charge on any atom is -0.497 e. The van der Waals surface area contributed by atoms with Gasteiger partial charge in [-0.2, -0.15) is 0 Å². The van der Waals surface area contributed by atoms with Gasteiger partial charge in [0.15, 0.2) is 5.96 Å². The Morgan fingerprint density at radius 2 is 2.10 bits per heavy atom. The molecule has 6 nitrogen and oxygen atoms in total. The van der Waals surface area contributed by atoms with E-state index in [2.05, 4.69) is 41.5 Å². The first-order valence-electron chi connectivity index (χ1n) is 10.7. The summed E-state index contributed by atoms with van der Waals surface area (Å²) in [7, 11) is 1.70. The summed E-state index contributed by atoms with van der Waals surface area (Å²) in [5.41, 5.74) is 1.33. The van der Waals surface area contributed by atoms with E-state index < -0.39 is 0 Å². The number of ether oxygens (including phenoxy) is 2. The van der Waals surface area contributed by atoms with E-state index in [1.165, 1.54) is 24.9 Å². The van der Waals surface area contributed by atoms with Gasteiger partial charge in [-0.1, -0.05) is 19.1 Å². The fraction of sp³-hybridized carbons (Fsp3) is 0.682. The molecular formula is C22H37IN4O2. The van der Waals surface area contributed by atoms with Crippen LogP contribution < -0.4 is 15.4 Å². The Balaban J connectivity index is 0.00000300. The van der Waals surface area contributed by atoms with Crippen molar-refractivity contribution in [2.45, 2.75) is 51.2 Å². The summed E-state index contributed by atoms with van der Waals surface area (Å²) in [6.07, 6.45) is 3.85. The van der Waals surface area contributed by atoms with Crippen LogP contribution in [0.1, 0.15) is 44.6 Å². The number of benzene rings is 1. The average Bonchev–Trinajstić information content (AvgIpc) is 3.20. The molecule has 3 unspecified atom stereocenters. The van der Waals surface area contributed by atoms with Crippen LogP contribution in [-0.4, -0.2) is 69.4 Å². The van der Waals surface area contributed by atoms with Crippen molar-refractivity contribution in [3.05, 3.63) is 29.8 Å². The summed E-state index contributed by atoms with van der Waals surface area (Å²) >= 11 is 0. The predicted octanol–water partition coefficient (Wildman–Crippen LogP) is 3.23. The highest BCUT2D eigenvalue weighted by Gasteiger charge is 2.31. The Kier molecular flexibility index (Phi) is 10.5. The molecule has 2 aliphatic rings. The number of aliphatic imine (C=N–C) groups is 1. The van der Waals surface area contributed by atoms with E-state index in [4.69, 9.17) is 14.5 Å². The van der Waals surface area contributed by atoms with Crippen molar-refractivity contribution in [2.75, 3.05) is 46.4 Å². The van der Waals surface area contributed by atoms with Crippen LogP contribution >= 0.6 is 24.0 Å². The quantitative estimate of drug-likeness (QED) is 0.316. The van der Waals surface area contributed by atoms with Crippen molar-refractivity contribution in [1.82, 2.24) is 15.5 Å². The number of halogens is 1. The van der Waals surface area contributed by atoms with Gasteiger partial charge >= 0.3 is 0 Å². The summed E-state index contributed by atoms with van der Waals surface area (Å²) in [5.74, 6) is 2.27. The Morgan fingerprint density at radius 1 is 1.31 bits per heavy atom. The third-order valence-electron chi connectivity index (χ3n) is 5.81. The average molecular weight is 516 g/mol. The fourth-order valence-electron chi connectivity index (χ4n) is 4.04. The number of nitrogens with zero attached hydrogens (tertiary/aromatic N) is 2. The fourth-order valence-corrected chi connectivity index (χ4v) is 4.04. The normalized spacial score (nSPS) is 23.1. The molecule has 0 bridgehead atoms. The monoisotopic (exact) mass is 516 g/mol. The topological polar surface area (TPSA) is 58.1 Å². The molecule has 3 atom stereocenters. The second kappa shape index (κ2) is 12.6. The highest BCUT2D eigenvalue weighted by Crippen LogP contribution is 2.23. The Morgan fingerprint density at radius 3 is 2.83 bits per heavy atom. The van der Waals surface area contributed by atoms with Gasteiger partial charge in [0.2, 0.25) is 0 Å². The van der Waals surface area contributed by atoms with E-state index in [1.54, 1.807) is 7.11 Å². The maximum absolute atomic E-state index is 6.03. The third-order valence-corrected chi connectivity index (χ3v) is 5.81. The van der Waals surface area contributed by atoms with Crippen LogP contribution in [0.2, 0.25) is 0 Å². The molecule has 2 saturated heterocycles. The summed E-state index contributed by atoms with van der Waals surface area (Å²) in [6.45, 7) is 9.92. The lowest BCUT2D eigenvalue weighted by atomic mass is 9.98. The zero-order chi connectivity index (χ0) is 19.8. The molecule has 2 N–H and O–H groups in total. The van der Waals surface area contributed by atoms with E-state index in [0.717, 1.165) is 44.4 Å². The van der Waals surface area contributed by atoms with Gasteiger partial charge in [-0.25, -0.2) is 0 Å². The molecule has 0 radical (unpaired) electrons. The zero-order valence-electron chi connectivity index (χ0n) is 18.0. The maximum atomic E-state index is 6.03. The van der Waals surface area contributed by atoms with Crippen molar-refractivity contribution in [3.63, 3.8) is 0 Å². The van der Waals surface area contributed by atoms with Crippen molar-refractivity contribution >= 4 is 29.9 Å². The van der Waals surface area contributed by atoms with E-state index in [0.29, 0.717) is 18.5 Å². The molecule has 0 spiro atoms. The van der Waals surface area contributed by atoms with E-state index in [1.807, 2.05) is 12.1 Å². The molecule has 0 aliphatic carbocycles. The molecule has 1 aromatic carbocycles. The van der Waals surface area contributed by atoms with Crippen LogP contribution in [0.4, 0.5) is 0 Å². The van der Waals surface area contributed by atoms with Crippen LogP contribution in [0.3, 0.4) is 0 Å². The number of morpholine rings is 1. The number of hydrogen-bond donors (Lipinski definition) is 2. The lowest BCUT2D eigenvalue weighted by Gasteiger charge is -2.34. The van der Waals surface area contributed by atoms with Gasteiger partial charge in [-0.3, -0.25) is 9.89 Å². The van der Waals surface area contributed by atoms with Gasteiger partial charge in [0.1, 0.15) is 5.75 Å². The number of rotatable bonds is 8. The van der Waals surface area contributed by atoms with E-state index in [-0.39, 0.29) is 30.1 Å². The Bertz CT molecular complexity index is 626. The largest absolute Gasteiger partial charge is 0.497 e. The van der Waals surface area contributed by atoms with Crippen molar-refractivity contribution in [3.8, 4) is 5.75 Å². The van der Waals surface area contributed by atoms with Crippen LogP contribution in [-0.2, 0) is 4.74 Å². The lowest BCUT2D eigenvalue weighted by molar-refractivity contribution is -0.0432. The van der Waals surface area contributed by atoms with Gasteiger partial charge in [0.05, 0.1) is 26.4 Å². The van der Waals surface area contributed by atoms with Crippen LogP contribution in [0.5, 0.6) is 5.75 Å². The van der Waals surface area contributed by atoms with E-state index in [9.17, 15) is 0 Å². The van der Waals surface area contributed by atoms with Gasteiger partial charge < -0.3 is 20.1 Å². The van der Waals surface area contributed by atoms with E-state index >= 15 is 0 Å². The molecule has 0 saturated carbocycles. The molecule has 1 aromatic rings. The summed E-state index contributed by atoms with van der Waals surface area (Å²) in [6, 6.07) is 9.00. The molecular weight excluding hydrogens is 479 g/mol. The number of guanidine groups is 1. The second-order valence-electron chi connectivity index (χ2n) is 7.86. The van der Waals surface area contributed by atoms with Crippen molar-refractivity contribution < 1.29 is 9.47 Å². The third kappa shape index (κ3) is 7.29. The number of nitrogens with one attached hydrogen (secondary N) is 2. The molecule has 2 fully saturated rings. The SMILES string of the molecule is CCNC(=NCC1CN2CCCC2CO1)NCCC(C)c1ccc(OC)cc1.I. The van der Waals surface area contributed by atoms with Gasteiger partial charge in [-0.05, 0) is 56.3 Å². The minimum atomic E-state index is 0. The minimum absolute atomic E-state index is 0. The number of fused-ring (bicyclic) bond motifs is 1. The second-order valence-corrected chi connectivity index (χ2v) is 7.86. The summed E-state index contributed by atoms with van der Waals surface area (Å²) in [5, 5.41) is 6.83. The summed E-state index contributed by atoms with van der Waals surface area (Å²) < 4.78 is 11.3. The smallest absolute Gasteiger partial charge is 0.191 e. The molecule has 7 heteroatoms. The molecule has 0 aromatic heterocycles. The first kappa shape index (κ1) is 24.2. The van der Waals surface area contributed by atoms with Crippen LogP contribution in [0.25, 0.3) is 0 Å². The molecule has 3 rings (SSSR count). The molecule has 2 aliphatic heterocycles. The van der Waals surface area contributed by atoms with Gasteiger partial charge in [0, 0.05) is 25.7 Å². The maximum Gasteiger partial charge on any atom is 0.191 e. The van der Waals surface area contributed by atoms with Gasteiger partial charge in [0.25, 0.3) is 0 Å². The first-order chi connectivity index (χ1) is 13.7. The zero-order valence-corrected chi connectivity index (χ0v) is 20.4. The highest BCUT2D eigenvalue weighted by atomic mass is 127. The highest BCUT2D eigenvalue weighted by molar-refractivity contribution is 14.0. The molecule has 29 heavy (non-hydrogen) atoms. The number of hydrogen-bond acceptors (Lipinski definition) is 4. The van der Waals surface area contributed by atoms with Crippen molar-refractivity contribution in [2.24, 2.45) is 4.99 Å². The van der Waals surface area contributed by atoms with Crippen molar-refractivity contribution in [1.29, 1.82) is 0 Å². The number of methoxy groups -OCH3 is 1. The molecule has 164 valence electrons. The Hall–Kier alpha value is -1.06. The van der Waals surface area contributed by atoms with Crippen LogP contribution in [0, 0.1) is 0 Å². The standard InChI is InChI=1S/C22H36N4O2.HI/c1-4-23-22(25-14-21-15-26-13-5-6-19(26)16-28-21)24-12-11-17(2)18-7-9-20(27-3)10-8-18;/h7-10,17,19,21H,4-6,11-16H2,1-3H3,(H2,23,24,25);1H.